The quantitative estimate of drug-likeness (QED) is 0.820. The highest BCUT2D eigenvalue weighted by Crippen LogP contribution is 2.36. The molecule has 0 aliphatic rings. The van der Waals surface area contributed by atoms with Crippen molar-refractivity contribution in [3.8, 4) is 11.5 Å². The third kappa shape index (κ3) is 2.66. The number of anilines is 1. The second-order valence-electron chi connectivity index (χ2n) is 2.77. The number of hydrogen-bond donors (Lipinski definition) is 2. The summed E-state index contributed by atoms with van der Waals surface area (Å²) in [6.07, 6.45) is -3.67. The first-order chi connectivity index (χ1) is 7.39. The van der Waals surface area contributed by atoms with E-state index in [1.54, 1.807) is 0 Å². The highest BCUT2D eigenvalue weighted by molar-refractivity contribution is 5.63. The molecule has 0 spiro atoms. The molecule has 0 aromatic carbocycles. The molecule has 4 N–H and O–H groups in total. The number of halogens is 3. The van der Waals surface area contributed by atoms with Crippen LogP contribution >= 0.6 is 0 Å². The molecule has 1 aromatic heterocycles. The van der Waals surface area contributed by atoms with Gasteiger partial charge in [0.15, 0.2) is 11.5 Å². The second-order valence-corrected chi connectivity index (χ2v) is 2.77. The van der Waals surface area contributed by atoms with Crippen molar-refractivity contribution >= 4 is 5.69 Å². The molecule has 5 nitrogen and oxygen atoms in total. The summed E-state index contributed by atoms with van der Waals surface area (Å²) in [5.74, 6) is -0.620. The Hall–Kier alpha value is -1.70. The van der Waals surface area contributed by atoms with Gasteiger partial charge in [0, 0.05) is 6.54 Å². The monoisotopic (exact) mass is 237 g/mol. The van der Waals surface area contributed by atoms with E-state index in [9.17, 15) is 13.2 Å². The Bertz CT molecular complexity index is 382. The molecule has 0 aliphatic heterocycles. The SMILES string of the molecule is COc1cnc(CN)c(OC(F)(F)F)c1N. The van der Waals surface area contributed by atoms with Gasteiger partial charge in [0.25, 0.3) is 0 Å². The first-order valence-corrected chi connectivity index (χ1v) is 4.16. The fraction of sp³-hybridized carbons (Fsp3) is 0.375. The number of nitrogens with two attached hydrogens (primary N) is 2. The van der Waals surface area contributed by atoms with E-state index in [1.807, 2.05) is 0 Å². The molecule has 1 heterocycles. The van der Waals surface area contributed by atoms with Crippen LogP contribution in [0.15, 0.2) is 6.20 Å². The van der Waals surface area contributed by atoms with Gasteiger partial charge < -0.3 is 20.9 Å². The van der Waals surface area contributed by atoms with Gasteiger partial charge in [-0.05, 0) is 0 Å². The summed E-state index contributed by atoms with van der Waals surface area (Å²) < 4.78 is 44.7. The normalized spacial score (nSPS) is 11.3. The lowest BCUT2D eigenvalue weighted by molar-refractivity contribution is -0.274. The van der Waals surface area contributed by atoms with Crippen molar-refractivity contribution in [2.45, 2.75) is 12.9 Å². The standard InChI is InChI=1S/C8H10F3N3O2/c1-15-5-3-14-4(2-12)7(6(5)13)16-8(9,10)11/h3H,2,12H2,1H3,(H2,13,14). The highest BCUT2D eigenvalue weighted by atomic mass is 19.4. The molecule has 90 valence electrons. The Morgan fingerprint density at radius 1 is 1.44 bits per heavy atom. The lowest BCUT2D eigenvalue weighted by Crippen LogP contribution is -2.20. The number of nitrogens with zero attached hydrogens (tertiary/aromatic N) is 1. The minimum atomic E-state index is -4.86. The number of nitrogen functional groups attached to an aromatic ring is 1. The second kappa shape index (κ2) is 4.44. The van der Waals surface area contributed by atoms with Crippen LogP contribution in [0, 0.1) is 0 Å². The van der Waals surface area contributed by atoms with Crippen molar-refractivity contribution in [1.82, 2.24) is 4.98 Å². The topological polar surface area (TPSA) is 83.4 Å². The number of aromatic nitrogens is 1. The number of alkyl halides is 3. The van der Waals surface area contributed by atoms with Crippen LogP contribution in [0.2, 0.25) is 0 Å². The van der Waals surface area contributed by atoms with E-state index in [2.05, 4.69) is 9.72 Å². The summed E-state index contributed by atoms with van der Waals surface area (Å²) in [6.45, 7) is -0.223. The third-order valence-corrected chi connectivity index (χ3v) is 1.74. The van der Waals surface area contributed by atoms with E-state index in [1.165, 1.54) is 13.3 Å². The Morgan fingerprint density at radius 2 is 2.06 bits per heavy atom. The van der Waals surface area contributed by atoms with Gasteiger partial charge in [-0.1, -0.05) is 0 Å². The van der Waals surface area contributed by atoms with E-state index in [-0.39, 0.29) is 23.7 Å². The smallest absolute Gasteiger partial charge is 0.493 e. The molecule has 1 rings (SSSR count). The maximum Gasteiger partial charge on any atom is 0.573 e. The van der Waals surface area contributed by atoms with Crippen molar-refractivity contribution in [1.29, 1.82) is 0 Å². The molecule has 0 fully saturated rings. The molecule has 0 bridgehead atoms. The van der Waals surface area contributed by atoms with E-state index >= 15 is 0 Å². The summed E-state index contributed by atoms with van der Waals surface area (Å²) >= 11 is 0. The molecular weight excluding hydrogens is 227 g/mol. The first kappa shape index (κ1) is 12.4. The van der Waals surface area contributed by atoms with Crippen LogP contribution in [0.5, 0.6) is 11.5 Å². The predicted molar refractivity (Wildman–Crippen MR) is 49.8 cm³/mol. The summed E-state index contributed by atoms with van der Waals surface area (Å²) in [5.41, 5.74) is 10.3. The van der Waals surface area contributed by atoms with Crippen LogP contribution < -0.4 is 20.9 Å². The fourth-order valence-corrected chi connectivity index (χ4v) is 1.07. The van der Waals surface area contributed by atoms with E-state index < -0.39 is 12.1 Å². The lowest BCUT2D eigenvalue weighted by atomic mass is 10.2. The summed E-state index contributed by atoms with van der Waals surface area (Å²) in [6, 6.07) is 0. The Balaban J connectivity index is 3.21. The molecule has 0 radical (unpaired) electrons. The van der Waals surface area contributed by atoms with Crippen LogP contribution in [0.1, 0.15) is 5.69 Å². The maximum absolute atomic E-state index is 12.1. The predicted octanol–water partition coefficient (Wildman–Crippen LogP) is 1.03. The Kier molecular flexibility index (Phi) is 3.43. The summed E-state index contributed by atoms with van der Waals surface area (Å²) in [7, 11) is 1.26. The number of ether oxygens (including phenoxy) is 2. The minimum absolute atomic E-state index is 0.00329. The van der Waals surface area contributed by atoms with Crippen molar-refractivity contribution in [3.05, 3.63) is 11.9 Å². The molecule has 0 atom stereocenters. The van der Waals surface area contributed by atoms with Gasteiger partial charge >= 0.3 is 6.36 Å². The average molecular weight is 237 g/mol. The zero-order valence-electron chi connectivity index (χ0n) is 8.34. The zero-order valence-corrected chi connectivity index (χ0v) is 8.34. The zero-order chi connectivity index (χ0) is 12.3. The van der Waals surface area contributed by atoms with Crippen LogP contribution in [-0.4, -0.2) is 18.5 Å². The van der Waals surface area contributed by atoms with Gasteiger partial charge in [-0.3, -0.25) is 4.98 Å². The van der Waals surface area contributed by atoms with Gasteiger partial charge in [-0.15, -0.1) is 13.2 Å². The van der Waals surface area contributed by atoms with Crippen molar-refractivity contribution < 1.29 is 22.6 Å². The largest absolute Gasteiger partial charge is 0.573 e. The molecule has 8 heteroatoms. The van der Waals surface area contributed by atoms with Crippen molar-refractivity contribution in [3.63, 3.8) is 0 Å². The fourth-order valence-electron chi connectivity index (χ4n) is 1.07. The summed E-state index contributed by atoms with van der Waals surface area (Å²) in [4.78, 5) is 3.66. The van der Waals surface area contributed by atoms with Crippen LogP contribution in [0.25, 0.3) is 0 Å². The Morgan fingerprint density at radius 3 is 2.50 bits per heavy atom. The molecular formula is C8H10F3N3O2. The first-order valence-electron chi connectivity index (χ1n) is 4.16. The van der Waals surface area contributed by atoms with Gasteiger partial charge in [-0.2, -0.15) is 0 Å². The highest BCUT2D eigenvalue weighted by Gasteiger charge is 2.34. The Labute approximate surface area is 89.1 Å². The van der Waals surface area contributed by atoms with Crippen molar-refractivity contribution in [2.24, 2.45) is 5.73 Å². The molecule has 0 amide bonds. The molecule has 0 unspecified atom stereocenters. The van der Waals surface area contributed by atoms with Crippen LogP contribution in [0.4, 0.5) is 18.9 Å². The van der Waals surface area contributed by atoms with Crippen molar-refractivity contribution in [2.75, 3.05) is 12.8 Å². The van der Waals surface area contributed by atoms with Gasteiger partial charge in [0.05, 0.1) is 19.0 Å². The molecule has 1 aromatic rings. The van der Waals surface area contributed by atoms with Gasteiger partial charge in [0.1, 0.15) is 5.69 Å². The molecule has 0 aliphatic carbocycles. The number of methoxy groups -OCH3 is 1. The lowest BCUT2D eigenvalue weighted by Gasteiger charge is -2.15. The van der Waals surface area contributed by atoms with E-state index in [0.717, 1.165) is 0 Å². The van der Waals surface area contributed by atoms with Crippen LogP contribution in [-0.2, 0) is 6.54 Å². The van der Waals surface area contributed by atoms with Crippen LogP contribution in [0.3, 0.4) is 0 Å². The number of pyridine rings is 1. The van der Waals surface area contributed by atoms with E-state index in [0.29, 0.717) is 0 Å². The van der Waals surface area contributed by atoms with E-state index in [4.69, 9.17) is 16.2 Å². The minimum Gasteiger partial charge on any atom is -0.493 e. The molecule has 0 saturated heterocycles. The maximum atomic E-state index is 12.1. The number of rotatable bonds is 3. The van der Waals surface area contributed by atoms with Gasteiger partial charge in [0.2, 0.25) is 0 Å². The summed E-state index contributed by atoms with van der Waals surface area (Å²) in [5, 5.41) is 0. The third-order valence-electron chi connectivity index (χ3n) is 1.74. The van der Waals surface area contributed by atoms with Gasteiger partial charge in [-0.25, -0.2) is 0 Å². The average Bonchev–Trinajstić information content (AvgIpc) is 2.19. The molecule has 16 heavy (non-hydrogen) atoms. The number of hydrogen-bond acceptors (Lipinski definition) is 5. The molecule has 0 saturated carbocycles.